The molecule has 0 saturated carbocycles. The molecule has 0 aromatic rings. The van der Waals surface area contributed by atoms with E-state index in [0.717, 1.165) is 11.5 Å². The molecule has 0 aromatic carbocycles. The van der Waals surface area contributed by atoms with Gasteiger partial charge in [-0.2, -0.15) is 23.5 Å². The van der Waals surface area contributed by atoms with Gasteiger partial charge in [-0.05, 0) is 20.3 Å². The van der Waals surface area contributed by atoms with Gasteiger partial charge in [0.25, 0.3) is 0 Å². The van der Waals surface area contributed by atoms with E-state index in [9.17, 15) is 9.59 Å². The molecule has 1 atom stereocenters. The smallest absolute Gasteiger partial charge is 0.315 e. The van der Waals surface area contributed by atoms with Crippen LogP contribution in [0.25, 0.3) is 0 Å². The van der Waals surface area contributed by atoms with Crippen LogP contribution >= 0.6 is 23.5 Å². The minimum atomic E-state index is -0.842. The second kappa shape index (κ2) is 7.89. The first-order valence-corrected chi connectivity index (χ1v) is 8.56. The zero-order valence-corrected chi connectivity index (χ0v) is 13.0. The van der Waals surface area contributed by atoms with Gasteiger partial charge in [0.1, 0.15) is 0 Å². The summed E-state index contributed by atoms with van der Waals surface area (Å²) in [7, 11) is 0. The Balaban J connectivity index is 2.23. The average Bonchev–Trinajstić information content (AvgIpc) is 2.35. The summed E-state index contributed by atoms with van der Waals surface area (Å²) >= 11 is 3.82. The Bertz CT molecular complexity index is 318. The van der Waals surface area contributed by atoms with Crippen LogP contribution in [0, 0.1) is 0 Å². The van der Waals surface area contributed by atoms with E-state index in [-0.39, 0.29) is 12.5 Å². The summed E-state index contributed by atoms with van der Waals surface area (Å²) in [6.45, 7) is 4.33. The van der Waals surface area contributed by atoms with Gasteiger partial charge in [-0.15, -0.1) is 0 Å². The number of thioether (sulfide) groups is 2. The van der Waals surface area contributed by atoms with Crippen LogP contribution in [-0.2, 0) is 4.79 Å². The van der Waals surface area contributed by atoms with E-state index in [1.165, 1.54) is 5.75 Å². The molecule has 1 rings (SSSR count). The topological polar surface area (TPSA) is 78.4 Å². The van der Waals surface area contributed by atoms with Crippen LogP contribution in [0.3, 0.4) is 0 Å². The summed E-state index contributed by atoms with van der Waals surface area (Å²) < 4.78 is 0. The lowest BCUT2D eigenvalue weighted by atomic mass is 9.99. The van der Waals surface area contributed by atoms with E-state index in [0.29, 0.717) is 18.2 Å². The normalized spacial score (nSPS) is 19.8. The summed E-state index contributed by atoms with van der Waals surface area (Å²) in [4.78, 5) is 22.3. The van der Waals surface area contributed by atoms with Crippen LogP contribution in [0.2, 0.25) is 0 Å². The molecule has 1 heterocycles. The fourth-order valence-corrected chi connectivity index (χ4v) is 4.31. The number of nitrogens with one attached hydrogen (secondary N) is 2. The van der Waals surface area contributed by atoms with Crippen LogP contribution in [0.1, 0.15) is 26.7 Å². The summed E-state index contributed by atoms with van der Waals surface area (Å²) in [5, 5.41) is 14.8. The fraction of sp³-hybridized carbons (Fsp3) is 0.833. The molecule has 110 valence electrons. The van der Waals surface area contributed by atoms with Crippen molar-refractivity contribution in [1.29, 1.82) is 0 Å². The van der Waals surface area contributed by atoms with Crippen molar-refractivity contribution in [2.75, 3.05) is 23.8 Å². The zero-order chi connectivity index (χ0) is 14.3. The van der Waals surface area contributed by atoms with Gasteiger partial charge >= 0.3 is 12.0 Å². The molecule has 0 bridgehead atoms. The van der Waals surface area contributed by atoms with Crippen molar-refractivity contribution in [3.63, 3.8) is 0 Å². The van der Waals surface area contributed by atoms with Crippen molar-refractivity contribution < 1.29 is 14.7 Å². The first-order chi connectivity index (χ1) is 8.89. The maximum absolute atomic E-state index is 11.8. The number of hydrogen-bond donors (Lipinski definition) is 3. The number of carboxylic acid groups (broad SMARTS) is 1. The molecule has 0 aromatic heterocycles. The van der Waals surface area contributed by atoms with Crippen LogP contribution in [-0.4, -0.2) is 51.7 Å². The summed E-state index contributed by atoms with van der Waals surface area (Å²) in [5.41, 5.74) is -0.503. The number of hydrogen-bond acceptors (Lipinski definition) is 4. The highest BCUT2D eigenvalue weighted by atomic mass is 32.2. The maximum Gasteiger partial charge on any atom is 0.315 e. The largest absolute Gasteiger partial charge is 0.481 e. The van der Waals surface area contributed by atoms with Gasteiger partial charge in [-0.25, -0.2) is 4.79 Å². The second-order valence-corrected chi connectivity index (χ2v) is 7.74. The summed E-state index contributed by atoms with van der Waals surface area (Å²) in [6.07, 6.45) is 0.478. The number of carbonyl (C=O) groups is 2. The Morgan fingerprint density at radius 2 is 2.11 bits per heavy atom. The Labute approximate surface area is 122 Å². The third-order valence-electron chi connectivity index (χ3n) is 2.79. The quantitative estimate of drug-likeness (QED) is 0.697. The molecule has 7 heteroatoms. The van der Waals surface area contributed by atoms with E-state index in [2.05, 4.69) is 10.6 Å². The fourth-order valence-electron chi connectivity index (χ4n) is 1.69. The first-order valence-electron chi connectivity index (χ1n) is 6.36. The zero-order valence-electron chi connectivity index (χ0n) is 11.4. The van der Waals surface area contributed by atoms with E-state index in [1.807, 2.05) is 37.4 Å². The molecule has 1 saturated heterocycles. The first kappa shape index (κ1) is 16.5. The molecule has 5 nitrogen and oxygen atoms in total. The molecule has 1 unspecified atom stereocenters. The molecule has 1 fully saturated rings. The van der Waals surface area contributed by atoms with Crippen LogP contribution in [0.5, 0.6) is 0 Å². The predicted molar refractivity (Wildman–Crippen MR) is 81.1 cm³/mol. The minimum Gasteiger partial charge on any atom is -0.481 e. The molecule has 2 amide bonds. The summed E-state index contributed by atoms with van der Waals surface area (Å²) in [5.74, 6) is 2.57. The Hall–Kier alpha value is -0.560. The molecular formula is C12H22N2O3S2. The Morgan fingerprint density at radius 1 is 1.37 bits per heavy atom. The molecular weight excluding hydrogens is 284 g/mol. The van der Waals surface area contributed by atoms with Crippen LogP contribution < -0.4 is 10.6 Å². The number of aliphatic carboxylic acids is 1. The van der Waals surface area contributed by atoms with Crippen LogP contribution in [0.15, 0.2) is 0 Å². The Kier molecular flexibility index (Phi) is 6.85. The predicted octanol–water partition coefficient (Wildman–Crippen LogP) is 1.78. The van der Waals surface area contributed by atoms with Crippen molar-refractivity contribution >= 4 is 35.5 Å². The van der Waals surface area contributed by atoms with E-state index >= 15 is 0 Å². The van der Waals surface area contributed by atoms with Gasteiger partial charge in [-0.3, -0.25) is 4.79 Å². The van der Waals surface area contributed by atoms with Gasteiger partial charge in [-0.1, -0.05) is 0 Å². The van der Waals surface area contributed by atoms with Gasteiger partial charge < -0.3 is 15.7 Å². The highest BCUT2D eigenvalue weighted by Gasteiger charge is 2.22. The molecule has 1 aliphatic rings. The van der Waals surface area contributed by atoms with Crippen molar-refractivity contribution in [2.45, 2.75) is 37.5 Å². The number of amides is 2. The van der Waals surface area contributed by atoms with Crippen molar-refractivity contribution in [1.82, 2.24) is 10.6 Å². The van der Waals surface area contributed by atoms with Crippen molar-refractivity contribution in [2.24, 2.45) is 0 Å². The van der Waals surface area contributed by atoms with Crippen molar-refractivity contribution in [3.05, 3.63) is 0 Å². The molecule has 1 aliphatic heterocycles. The lowest BCUT2D eigenvalue weighted by Gasteiger charge is -2.27. The monoisotopic (exact) mass is 306 g/mol. The van der Waals surface area contributed by atoms with E-state index in [4.69, 9.17) is 5.11 Å². The van der Waals surface area contributed by atoms with E-state index < -0.39 is 11.5 Å². The van der Waals surface area contributed by atoms with Gasteiger partial charge in [0.2, 0.25) is 0 Å². The van der Waals surface area contributed by atoms with Crippen molar-refractivity contribution in [3.8, 4) is 0 Å². The molecule has 19 heavy (non-hydrogen) atoms. The SMILES string of the molecule is CC(C)(CCC(=O)O)NC(=O)NCC1CSCCS1. The van der Waals surface area contributed by atoms with E-state index in [1.54, 1.807) is 0 Å². The number of carboxylic acids is 1. The lowest BCUT2D eigenvalue weighted by Crippen LogP contribution is -2.50. The van der Waals surface area contributed by atoms with Gasteiger partial charge in [0.05, 0.1) is 0 Å². The minimum absolute atomic E-state index is 0.0579. The highest BCUT2D eigenvalue weighted by Crippen LogP contribution is 2.23. The van der Waals surface area contributed by atoms with Gasteiger partial charge in [0, 0.05) is 41.0 Å². The standard InChI is InChI=1S/C12H22N2O3S2/c1-12(2,4-3-10(15)16)14-11(17)13-7-9-8-18-5-6-19-9/h9H,3-8H2,1-2H3,(H,15,16)(H2,13,14,17). The second-order valence-electron chi connectivity index (χ2n) is 5.18. The number of rotatable bonds is 6. The van der Waals surface area contributed by atoms with Crippen LogP contribution in [0.4, 0.5) is 4.79 Å². The number of carbonyl (C=O) groups excluding carboxylic acids is 1. The maximum atomic E-state index is 11.8. The third kappa shape index (κ3) is 7.57. The average molecular weight is 306 g/mol. The van der Waals surface area contributed by atoms with Gasteiger partial charge in [0.15, 0.2) is 0 Å². The molecule has 0 spiro atoms. The number of urea groups is 1. The molecule has 0 radical (unpaired) electrons. The summed E-state index contributed by atoms with van der Waals surface area (Å²) in [6, 6.07) is -0.216. The highest BCUT2D eigenvalue weighted by molar-refractivity contribution is 8.06. The lowest BCUT2D eigenvalue weighted by molar-refractivity contribution is -0.137. The molecule has 0 aliphatic carbocycles. The molecule has 3 N–H and O–H groups in total. The third-order valence-corrected chi connectivity index (χ3v) is 5.64. The Morgan fingerprint density at radius 3 is 2.68 bits per heavy atom.